The smallest absolute Gasteiger partial charge is 0.254 e. The monoisotopic (exact) mass is 400 g/mol. The van der Waals surface area contributed by atoms with Crippen molar-refractivity contribution in [2.24, 2.45) is 0 Å². The molecule has 7 nitrogen and oxygen atoms in total. The van der Waals surface area contributed by atoms with Gasteiger partial charge in [0, 0.05) is 21.5 Å². The molecule has 0 bridgehead atoms. The van der Waals surface area contributed by atoms with E-state index in [2.05, 4.69) is 15.0 Å². The quantitative estimate of drug-likeness (QED) is 0.541. The van der Waals surface area contributed by atoms with Gasteiger partial charge in [-0.15, -0.1) is 0 Å². The van der Waals surface area contributed by atoms with Gasteiger partial charge in [-0.2, -0.15) is 0 Å². The minimum Gasteiger partial charge on any atom is -0.382 e. The number of hydrogen-bond donors (Lipinski definition) is 2. The molecular formula is C23H24N6O. The summed E-state index contributed by atoms with van der Waals surface area (Å²) in [6, 6.07) is 17.1. The van der Waals surface area contributed by atoms with Gasteiger partial charge < -0.3 is 15.6 Å². The van der Waals surface area contributed by atoms with Crippen molar-refractivity contribution >= 4 is 28.3 Å². The van der Waals surface area contributed by atoms with Crippen molar-refractivity contribution < 1.29 is 7.65 Å². The number of carbonyl (C=O) groups excluding carboxylic acids is 1. The van der Waals surface area contributed by atoms with Crippen LogP contribution in [0.25, 0.3) is 28.1 Å². The Bertz CT molecular complexity index is 1240. The summed E-state index contributed by atoms with van der Waals surface area (Å²) in [7, 11) is 0. The molecule has 0 saturated heterocycles. The fourth-order valence-electron chi connectivity index (χ4n) is 3.64. The first-order valence-electron chi connectivity index (χ1n) is 9.80. The fourth-order valence-corrected chi connectivity index (χ4v) is 3.64. The number of H-pyrrole nitrogens is 1. The Morgan fingerprint density at radius 2 is 1.87 bits per heavy atom. The molecule has 3 heterocycles. The van der Waals surface area contributed by atoms with E-state index in [9.17, 15) is 4.79 Å². The number of imidazole rings is 1. The summed E-state index contributed by atoms with van der Waals surface area (Å²) in [6.07, 6.45) is 4.42. The van der Waals surface area contributed by atoms with Gasteiger partial charge in [-0.25, -0.2) is 15.0 Å². The number of aromatic nitrogens is 4. The minimum absolute atomic E-state index is 0. The number of amides is 1. The second-order valence-corrected chi connectivity index (χ2v) is 7.19. The predicted octanol–water partition coefficient (Wildman–Crippen LogP) is 4.02. The summed E-state index contributed by atoms with van der Waals surface area (Å²) < 4.78 is 0. The molecule has 0 saturated carbocycles. The van der Waals surface area contributed by atoms with Crippen LogP contribution in [0.15, 0.2) is 66.9 Å². The molecule has 0 spiro atoms. The molecule has 1 amide bonds. The maximum absolute atomic E-state index is 12.7. The molecule has 0 atom stereocenters. The Balaban J connectivity index is 0.00000144. The van der Waals surface area contributed by atoms with Gasteiger partial charge >= 0.3 is 0 Å². The van der Waals surface area contributed by atoms with Crippen molar-refractivity contribution in [1.82, 2.24) is 24.8 Å². The van der Waals surface area contributed by atoms with Gasteiger partial charge in [0.05, 0.1) is 22.9 Å². The first-order chi connectivity index (χ1) is 14.7. The van der Waals surface area contributed by atoms with Crippen LogP contribution in [-0.2, 0) is 0 Å². The van der Waals surface area contributed by atoms with Gasteiger partial charge in [-0.3, -0.25) is 4.79 Å². The van der Waals surface area contributed by atoms with Crippen LogP contribution < -0.4 is 5.73 Å². The number of para-hydroxylation sites is 2. The van der Waals surface area contributed by atoms with E-state index in [0.29, 0.717) is 42.4 Å². The van der Waals surface area contributed by atoms with Crippen LogP contribution in [0.5, 0.6) is 0 Å². The summed E-state index contributed by atoms with van der Waals surface area (Å²) in [4.78, 5) is 31.4. The molecule has 3 N–H and O–H groups in total. The molecule has 30 heavy (non-hydrogen) atoms. The highest BCUT2D eigenvalue weighted by atomic mass is 16.2. The highest BCUT2D eigenvalue weighted by Crippen LogP contribution is 2.27. The second kappa shape index (κ2) is 7.44. The number of nitrogens with two attached hydrogens (primary N) is 1. The lowest BCUT2D eigenvalue weighted by Gasteiger charge is -2.26. The number of carbonyl (C=O) groups is 1. The van der Waals surface area contributed by atoms with Gasteiger partial charge in [0.15, 0.2) is 11.6 Å². The topological polar surface area (TPSA) is 101 Å². The summed E-state index contributed by atoms with van der Waals surface area (Å²) in [5.74, 6) is 0.965. The Kier molecular flexibility index (Phi) is 4.48. The number of hydrogen-bond acceptors (Lipinski definition) is 5. The number of fused-ring (bicyclic) bond motifs is 1. The first kappa shape index (κ1) is 18.1. The summed E-state index contributed by atoms with van der Waals surface area (Å²) in [5, 5.41) is 0. The number of anilines is 1. The molecule has 2 aromatic heterocycles. The van der Waals surface area contributed by atoms with Crippen LogP contribution in [0.4, 0.5) is 5.82 Å². The molecule has 0 aliphatic carbocycles. The van der Waals surface area contributed by atoms with E-state index in [0.717, 1.165) is 22.3 Å². The van der Waals surface area contributed by atoms with Crippen LogP contribution in [-0.4, -0.2) is 43.8 Å². The third-order valence-corrected chi connectivity index (χ3v) is 5.26. The second-order valence-electron chi connectivity index (χ2n) is 7.19. The number of nitrogens with zero attached hydrogens (tertiary/aromatic N) is 4. The van der Waals surface area contributed by atoms with Crippen molar-refractivity contribution in [1.29, 1.82) is 0 Å². The van der Waals surface area contributed by atoms with E-state index in [-0.39, 0.29) is 8.76 Å². The van der Waals surface area contributed by atoms with Gasteiger partial charge in [-0.1, -0.05) is 36.4 Å². The van der Waals surface area contributed by atoms with Gasteiger partial charge in [0.1, 0.15) is 5.69 Å². The van der Waals surface area contributed by atoms with E-state index in [1.165, 1.54) is 0 Å². The van der Waals surface area contributed by atoms with Gasteiger partial charge in [0.25, 0.3) is 5.91 Å². The molecule has 0 radical (unpaired) electrons. The normalized spacial score (nSPS) is 14.0. The number of nitrogens with one attached hydrogen (secondary N) is 1. The molecule has 2 aromatic carbocycles. The number of aromatic amines is 1. The van der Waals surface area contributed by atoms with Crippen LogP contribution in [0.2, 0.25) is 0 Å². The standard InChI is InChI=1S/C23H20N6O.2H2/c24-21-20(22-27-17-8-4-5-9-18(17)28-22)26-19(14-25-21)15-10-12-29(13-11-15)23(30)16-6-2-1-3-7-16;;/h1-10,14H,11-13H2,(H2,24,25)(H,27,28);2*1H. The van der Waals surface area contributed by atoms with Crippen molar-refractivity contribution in [2.45, 2.75) is 6.42 Å². The number of benzene rings is 2. The Labute approximate surface area is 176 Å². The first-order valence-corrected chi connectivity index (χ1v) is 9.80. The van der Waals surface area contributed by atoms with E-state index < -0.39 is 0 Å². The average molecular weight is 400 g/mol. The Morgan fingerprint density at radius 3 is 2.63 bits per heavy atom. The van der Waals surface area contributed by atoms with Crippen LogP contribution in [0.3, 0.4) is 0 Å². The van der Waals surface area contributed by atoms with Crippen molar-refractivity contribution in [3.63, 3.8) is 0 Å². The molecule has 4 aromatic rings. The van der Waals surface area contributed by atoms with E-state index in [1.54, 1.807) is 6.20 Å². The van der Waals surface area contributed by atoms with E-state index >= 15 is 0 Å². The highest BCUT2D eigenvalue weighted by molar-refractivity contribution is 5.94. The van der Waals surface area contributed by atoms with Crippen LogP contribution >= 0.6 is 0 Å². The SMILES string of the molecule is Nc1ncc(C2=CCN(C(=O)c3ccccc3)CC2)nc1-c1nc2ccccc2[nH]1.[HH].[HH]. The Hall–Kier alpha value is -4.00. The average Bonchev–Trinajstić information content (AvgIpc) is 3.24. The molecule has 7 heteroatoms. The van der Waals surface area contributed by atoms with Crippen LogP contribution in [0.1, 0.15) is 25.3 Å². The third kappa shape index (κ3) is 3.30. The predicted molar refractivity (Wildman–Crippen MR) is 121 cm³/mol. The highest BCUT2D eigenvalue weighted by Gasteiger charge is 2.21. The fraction of sp³-hybridized carbons (Fsp3) is 0.130. The van der Waals surface area contributed by atoms with Crippen molar-refractivity contribution in [3.8, 4) is 11.5 Å². The largest absolute Gasteiger partial charge is 0.382 e. The molecule has 1 aliphatic heterocycles. The summed E-state index contributed by atoms with van der Waals surface area (Å²) in [5.41, 5.74) is 10.9. The van der Waals surface area contributed by atoms with E-state index in [1.807, 2.05) is 65.6 Å². The maximum atomic E-state index is 12.7. The Morgan fingerprint density at radius 1 is 1.07 bits per heavy atom. The lowest BCUT2D eigenvalue weighted by molar-refractivity contribution is 0.0773. The molecule has 5 rings (SSSR count). The van der Waals surface area contributed by atoms with E-state index in [4.69, 9.17) is 10.7 Å². The van der Waals surface area contributed by atoms with Crippen LogP contribution in [0, 0.1) is 0 Å². The van der Waals surface area contributed by atoms with Gasteiger partial charge in [0.2, 0.25) is 0 Å². The van der Waals surface area contributed by atoms with Gasteiger partial charge in [-0.05, 0) is 36.3 Å². The zero-order chi connectivity index (χ0) is 20.5. The molecule has 0 fully saturated rings. The lowest BCUT2D eigenvalue weighted by Crippen LogP contribution is -2.34. The molecular weight excluding hydrogens is 376 g/mol. The zero-order valence-corrected chi connectivity index (χ0v) is 16.2. The molecule has 152 valence electrons. The summed E-state index contributed by atoms with van der Waals surface area (Å²) in [6.45, 7) is 1.17. The number of rotatable bonds is 3. The summed E-state index contributed by atoms with van der Waals surface area (Å²) >= 11 is 0. The third-order valence-electron chi connectivity index (χ3n) is 5.26. The molecule has 1 aliphatic rings. The molecule has 0 unspecified atom stereocenters. The number of nitrogen functional groups attached to an aromatic ring is 1. The zero-order valence-electron chi connectivity index (χ0n) is 16.2. The van der Waals surface area contributed by atoms with Crippen molar-refractivity contribution in [2.75, 3.05) is 18.8 Å². The minimum atomic E-state index is 0. The van der Waals surface area contributed by atoms with Crippen molar-refractivity contribution in [3.05, 3.63) is 78.1 Å². The maximum Gasteiger partial charge on any atom is 0.254 e. The lowest BCUT2D eigenvalue weighted by atomic mass is 10.0.